The van der Waals surface area contributed by atoms with E-state index in [4.69, 9.17) is 9.84 Å². The highest BCUT2D eigenvalue weighted by Gasteiger charge is 2.09. The van der Waals surface area contributed by atoms with E-state index in [0.717, 1.165) is 18.8 Å². The van der Waals surface area contributed by atoms with Crippen LogP contribution in [0.15, 0.2) is 0 Å². The Morgan fingerprint density at radius 2 is 0.745 bits per heavy atom. The molecule has 0 aliphatic heterocycles. The first kappa shape index (κ1) is 54.7. The van der Waals surface area contributed by atoms with Crippen LogP contribution in [0.25, 0.3) is 0 Å². The zero-order valence-electron chi connectivity index (χ0n) is 36.7. The van der Waals surface area contributed by atoms with Crippen LogP contribution in [0.5, 0.6) is 0 Å². The molecule has 51 heavy (non-hydrogen) atoms. The molecule has 4 heteroatoms. The highest BCUT2D eigenvalue weighted by Crippen LogP contribution is 2.25. The summed E-state index contributed by atoms with van der Waals surface area (Å²) in [6.45, 7) is 12.9. The predicted octanol–water partition coefficient (Wildman–Crippen LogP) is 15.4. The van der Waals surface area contributed by atoms with Crippen LogP contribution in [0.4, 0.5) is 0 Å². The lowest BCUT2D eigenvalue weighted by molar-refractivity contribution is -0.143. The minimum atomic E-state index is 0.00230. The minimum absolute atomic E-state index is 0.00230. The number of carbonyl (C=O) groups is 1. The Kier molecular flexibility index (Phi) is 55.3. The molecule has 1 N–H and O–H groups in total. The summed E-state index contributed by atoms with van der Waals surface area (Å²) >= 11 is 0. The van der Waals surface area contributed by atoms with Gasteiger partial charge in [-0.3, -0.25) is 4.79 Å². The number of carbonyl (C=O) groups excluding carboxylic acids is 1. The number of unbranched alkanes of at least 4 members (excludes halogenated alkanes) is 26. The summed E-state index contributed by atoms with van der Waals surface area (Å²) in [6.07, 6.45) is 47.6. The summed E-state index contributed by atoms with van der Waals surface area (Å²) in [5.41, 5.74) is 0. The number of rotatable bonds is 38. The summed E-state index contributed by atoms with van der Waals surface area (Å²) < 4.78 is 5.24. The average Bonchev–Trinajstić information content (AvgIpc) is 3.11. The van der Waals surface area contributed by atoms with E-state index in [9.17, 15) is 4.79 Å². The van der Waals surface area contributed by atoms with Crippen LogP contribution in [0.2, 0.25) is 0 Å². The topological polar surface area (TPSA) is 49.8 Å². The van der Waals surface area contributed by atoms with Gasteiger partial charge in [0.15, 0.2) is 0 Å². The summed E-state index contributed by atoms with van der Waals surface area (Å²) in [7, 11) is 4.37. The quantitative estimate of drug-likeness (QED) is 0.0508. The maximum Gasteiger partial charge on any atom is 0.305 e. The van der Waals surface area contributed by atoms with E-state index < -0.39 is 0 Å². The maximum atomic E-state index is 11.4. The number of aliphatic hydroxyl groups is 1. The second kappa shape index (κ2) is 51.5. The molecule has 0 aliphatic carbocycles. The van der Waals surface area contributed by atoms with Crippen molar-refractivity contribution in [3.63, 3.8) is 0 Å². The lowest BCUT2D eigenvalue weighted by atomic mass is 9.89. The lowest BCUT2D eigenvalue weighted by Crippen LogP contribution is -2.12. The zero-order valence-corrected chi connectivity index (χ0v) is 36.7. The fourth-order valence-electron chi connectivity index (χ4n) is 6.79. The van der Waals surface area contributed by atoms with Gasteiger partial charge in [-0.05, 0) is 52.7 Å². The van der Waals surface area contributed by atoms with Crippen molar-refractivity contribution in [3.05, 3.63) is 0 Å². The molecule has 0 aromatic heterocycles. The van der Waals surface area contributed by atoms with Crippen LogP contribution in [0.3, 0.4) is 0 Å². The Labute approximate surface area is 323 Å². The summed E-state index contributed by atoms with van der Waals surface area (Å²) in [4.78, 5) is 13.7. The van der Waals surface area contributed by atoms with Crippen molar-refractivity contribution in [1.29, 1.82) is 0 Å². The lowest BCUT2D eigenvalue weighted by Gasteiger charge is -2.17. The van der Waals surface area contributed by atoms with Gasteiger partial charge in [0.25, 0.3) is 0 Å². The molecule has 0 saturated heterocycles. The highest BCUT2D eigenvalue weighted by molar-refractivity contribution is 5.69. The van der Waals surface area contributed by atoms with Crippen molar-refractivity contribution in [2.45, 2.75) is 259 Å². The standard InChI is InChI=1S/C28H59N.C17H34O2.C2H6O/c1-5-7-9-11-16-20-24-28(25-21-17-12-10-8-6-2)26-22-18-14-13-15-19-23-27-29(3)4;1-3-5-7-9-10-12-14-16-19-17(18)15-13-11-8-6-4-2;1-2-3/h28H,5-27H2,1-4H3;3-16H2,1-2H3;3H,2H2,1H3. The van der Waals surface area contributed by atoms with Crippen LogP contribution in [0.1, 0.15) is 259 Å². The normalized spacial score (nSPS) is 11.0. The monoisotopic (exact) mass is 726 g/mol. The Morgan fingerprint density at radius 1 is 0.451 bits per heavy atom. The number of esters is 1. The molecule has 0 amide bonds. The van der Waals surface area contributed by atoms with Crippen molar-refractivity contribution < 1.29 is 14.6 Å². The van der Waals surface area contributed by atoms with Gasteiger partial charge in [-0.15, -0.1) is 0 Å². The molecule has 0 aliphatic rings. The maximum absolute atomic E-state index is 11.4. The third-order valence-electron chi connectivity index (χ3n) is 10.1. The SMILES string of the molecule is CCCCCCCCC(CCCCCCCC)CCCCCCCCCN(C)C.CCCCCCCCCOC(=O)CCCCCCC.CCO. The van der Waals surface area contributed by atoms with E-state index in [0.29, 0.717) is 13.0 Å². The Bertz CT molecular complexity index is 580. The predicted molar refractivity (Wildman–Crippen MR) is 230 cm³/mol. The minimum Gasteiger partial charge on any atom is -0.466 e. The Balaban J connectivity index is -0.000000901. The van der Waals surface area contributed by atoms with Gasteiger partial charge in [-0.1, -0.05) is 227 Å². The first-order valence-electron chi connectivity index (χ1n) is 23.3. The molecule has 0 rings (SSSR count). The molecule has 0 heterocycles. The molecule has 4 nitrogen and oxygen atoms in total. The molecule has 0 aromatic rings. The van der Waals surface area contributed by atoms with E-state index >= 15 is 0 Å². The number of nitrogens with zero attached hydrogens (tertiary/aromatic N) is 1. The fraction of sp³-hybridized carbons (Fsp3) is 0.979. The molecule has 0 saturated carbocycles. The van der Waals surface area contributed by atoms with Crippen LogP contribution < -0.4 is 0 Å². The molecule has 0 aromatic carbocycles. The summed E-state index contributed by atoms with van der Waals surface area (Å²) in [5.74, 6) is 1.04. The van der Waals surface area contributed by atoms with Crippen molar-refractivity contribution in [1.82, 2.24) is 4.90 Å². The van der Waals surface area contributed by atoms with Crippen LogP contribution in [-0.4, -0.2) is 49.8 Å². The van der Waals surface area contributed by atoms with Crippen molar-refractivity contribution in [2.24, 2.45) is 5.92 Å². The van der Waals surface area contributed by atoms with Gasteiger partial charge < -0.3 is 14.7 Å². The molecule has 0 atom stereocenters. The van der Waals surface area contributed by atoms with E-state index in [2.05, 4.69) is 46.7 Å². The Morgan fingerprint density at radius 3 is 1.10 bits per heavy atom. The second-order valence-electron chi connectivity index (χ2n) is 15.9. The van der Waals surface area contributed by atoms with Crippen molar-refractivity contribution in [2.75, 3.05) is 33.9 Å². The smallest absolute Gasteiger partial charge is 0.305 e. The van der Waals surface area contributed by atoms with Gasteiger partial charge in [0.2, 0.25) is 0 Å². The van der Waals surface area contributed by atoms with Gasteiger partial charge in [0, 0.05) is 13.0 Å². The molecule has 0 bridgehead atoms. The number of hydrogen-bond donors (Lipinski definition) is 1. The van der Waals surface area contributed by atoms with Gasteiger partial charge in [-0.25, -0.2) is 0 Å². The van der Waals surface area contributed by atoms with E-state index in [1.807, 2.05) is 0 Å². The molecule has 0 fully saturated rings. The molecular formula is C47H99NO3. The van der Waals surface area contributed by atoms with Crippen LogP contribution in [0, 0.1) is 5.92 Å². The van der Waals surface area contributed by atoms with Gasteiger partial charge in [0.05, 0.1) is 6.61 Å². The summed E-state index contributed by atoms with van der Waals surface area (Å²) in [5, 5.41) is 7.57. The first-order chi connectivity index (χ1) is 24.9. The third kappa shape index (κ3) is 56.3. The highest BCUT2D eigenvalue weighted by atomic mass is 16.5. The van der Waals surface area contributed by atoms with Gasteiger partial charge >= 0.3 is 5.97 Å². The Hall–Kier alpha value is -0.610. The van der Waals surface area contributed by atoms with Gasteiger partial charge in [-0.2, -0.15) is 0 Å². The van der Waals surface area contributed by atoms with Crippen LogP contribution >= 0.6 is 0 Å². The molecular weight excluding hydrogens is 627 g/mol. The second-order valence-corrected chi connectivity index (χ2v) is 15.9. The fourth-order valence-corrected chi connectivity index (χ4v) is 6.79. The molecule has 310 valence electrons. The number of aliphatic hydroxyl groups excluding tert-OH is 1. The largest absolute Gasteiger partial charge is 0.466 e. The van der Waals surface area contributed by atoms with E-state index in [-0.39, 0.29) is 12.6 Å². The van der Waals surface area contributed by atoms with Crippen molar-refractivity contribution >= 4 is 5.97 Å². The van der Waals surface area contributed by atoms with E-state index in [1.165, 1.54) is 212 Å². The zero-order chi connectivity index (χ0) is 38.3. The number of hydrogen-bond acceptors (Lipinski definition) is 4. The summed E-state index contributed by atoms with van der Waals surface area (Å²) in [6, 6.07) is 0. The first-order valence-corrected chi connectivity index (χ1v) is 23.3. The molecule has 0 unspecified atom stereocenters. The molecule has 0 radical (unpaired) electrons. The van der Waals surface area contributed by atoms with Gasteiger partial charge in [0.1, 0.15) is 0 Å². The van der Waals surface area contributed by atoms with Crippen molar-refractivity contribution in [3.8, 4) is 0 Å². The average molecular weight is 726 g/mol. The number of ether oxygens (including phenoxy) is 1. The van der Waals surface area contributed by atoms with E-state index in [1.54, 1.807) is 6.92 Å². The molecule has 0 spiro atoms. The van der Waals surface area contributed by atoms with Crippen LogP contribution in [-0.2, 0) is 9.53 Å². The third-order valence-corrected chi connectivity index (χ3v) is 10.1.